The number of primary amides is 1. The number of aromatic nitrogens is 1. The lowest BCUT2D eigenvalue weighted by Gasteiger charge is -2.18. The minimum absolute atomic E-state index is 0.160. The van der Waals surface area contributed by atoms with Gasteiger partial charge in [-0.05, 0) is 49.8 Å². The Morgan fingerprint density at radius 3 is 2.61 bits per heavy atom. The van der Waals surface area contributed by atoms with E-state index in [9.17, 15) is 9.18 Å². The molecule has 0 fully saturated rings. The molecule has 1 atom stereocenters. The number of carbonyl (C=O) groups is 1. The van der Waals surface area contributed by atoms with Gasteiger partial charge in [-0.1, -0.05) is 6.58 Å². The molecule has 0 spiro atoms. The lowest BCUT2D eigenvalue weighted by atomic mass is 9.83. The SMILES string of the molecule is C=C(C)c1cc2c(c(-c3ccc(F)cc3)n1)OCC2(C)C(N)=O. The van der Waals surface area contributed by atoms with Crippen molar-refractivity contribution < 1.29 is 13.9 Å². The third-order valence-corrected chi connectivity index (χ3v) is 4.17. The van der Waals surface area contributed by atoms with Gasteiger partial charge in [-0.2, -0.15) is 0 Å². The minimum Gasteiger partial charge on any atom is -0.489 e. The van der Waals surface area contributed by atoms with Gasteiger partial charge in [0.2, 0.25) is 5.91 Å². The number of benzene rings is 1. The summed E-state index contributed by atoms with van der Waals surface area (Å²) in [6, 6.07) is 7.77. The number of fused-ring (bicyclic) bond motifs is 1. The Kier molecular flexibility index (Phi) is 3.43. The van der Waals surface area contributed by atoms with Crippen LogP contribution in [0.1, 0.15) is 25.1 Å². The predicted molar refractivity (Wildman–Crippen MR) is 86.4 cm³/mol. The fourth-order valence-corrected chi connectivity index (χ4v) is 2.61. The number of carbonyl (C=O) groups excluding carboxylic acids is 1. The zero-order valence-corrected chi connectivity index (χ0v) is 13.0. The Labute approximate surface area is 133 Å². The Morgan fingerprint density at radius 1 is 1.39 bits per heavy atom. The second-order valence-electron chi connectivity index (χ2n) is 6.01. The van der Waals surface area contributed by atoms with Crippen LogP contribution in [-0.2, 0) is 10.2 Å². The summed E-state index contributed by atoms with van der Waals surface area (Å²) in [7, 11) is 0. The highest BCUT2D eigenvalue weighted by atomic mass is 19.1. The Bertz CT molecular complexity index is 815. The van der Waals surface area contributed by atoms with E-state index in [1.54, 1.807) is 25.1 Å². The van der Waals surface area contributed by atoms with Crippen LogP contribution < -0.4 is 10.5 Å². The molecule has 0 saturated heterocycles. The molecule has 1 aromatic carbocycles. The lowest BCUT2D eigenvalue weighted by molar-refractivity contribution is -0.123. The number of rotatable bonds is 3. The summed E-state index contributed by atoms with van der Waals surface area (Å²) in [6.07, 6.45) is 0. The highest BCUT2D eigenvalue weighted by Crippen LogP contribution is 2.44. The van der Waals surface area contributed by atoms with Crippen molar-refractivity contribution in [2.24, 2.45) is 5.73 Å². The van der Waals surface area contributed by atoms with E-state index in [1.165, 1.54) is 12.1 Å². The van der Waals surface area contributed by atoms with E-state index in [0.29, 0.717) is 28.3 Å². The highest BCUT2D eigenvalue weighted by molar-refractivity contribution is 5.90. The quantitative estimate of drug-likeness (QED) is 0.947. The van der Waals surface area contributed by atoms with E-state index in [4.69, 9.17) is 10.5 Å². The maximum absolute atomic E-state index is 13.2. The van der Waals surface area contributed by atoms with E-state index in [2.05, 4.69) is 11.6 Å². The first kappa shape index (κ1) is 15.2. The monoisotopic (exact) mass is 312 g/mol. The molecule has 23 heavy (non-hydrogen) atoms. The molecule has 1 aliphatic heterocycles. The fourth-order valence-electron chi connectivity index (χ4n) is 2.61. The van der Waals surface area contributed by atoms with Crippen molar-refractivity contribution >= 4 is 11.5 Å². The Morgan fingerprint density at radius 2 is 2.04 bits per heavy atom. The molecule has 1 aromatic heterocycles. The fraction of sp³-hybridized carbons (Fsp3) is 0.222. The topological polar surface area (TPSA) is 65.2 Å². The number of nitrogens with zero attached hydrogens (tertiary/aromatic N) is 1. The number of halogens is 1. The minimum atomic E-state index is -0.919. The van der Waals surface area contributed by atoms with Gasteiger partial charge in [0.25, 0.3) is 0 Å². The first-order chi connectivity index (χ1) is 10.8. The summed E-state index contributed by atoms with van der Waals surface area (Å²) in [5.74, 6) is -0.271. The number of allylic oxidation sites excluding steroid dienone is 1. The van der Waals surface area contributed by atoms with Crippen molar-refractivity contribution in [2.45, 2.75) is 19.3 Å². The van der Waals surface area contributed by atoms with E-state index in [1.807, 2.05) is 6.92 Å². The molecule has 3 rings (SSSR count). The van der Waals surface area contributed by atoms with Gasteiger partial charge in [0, 0.05) is 11.1 Å². The van der Waals surface area contributed by atoms with Crippen LogP contribution in [0.3, 0.4) is 0 Å². The summed E-state index contributed by atoms with van der Waals surface area (Å²) in [4.78, 5) is 16.5. The molecule has 0 saturated carbocycles. The molecule has 0 radical (unpaired) electrons. The average molecular weight is 312 g/mol. The number of nitrogens with two attached hydrogens (primary N) is 1. The van der Waals surface area contributed by atoms with E-state index in [-0.39, 0.29) is 12.4 Å². The zero-order valence-electron chi connectivity index (χ0n) is 13.0. The molecule has 1 aliphatic rings. The van der Waals surface area contributed by atoms with Crippen LogP contribution in [-0.4, -0.2) is 17.5 Å². The van der Waals surface area contributed by atoms with Crippen molar-refractivity contribution in [1.29, 1.82) is 0 Å². The maximum Gasteiger partial charge on any atom is 0.231 e. The Balaban J connectivity index is 2.27. The lowest BCUT2D eigenvalue weighted by Crippen LogP contribution is -2.39. The number of amides is 1. The van der Waals surface area contributed by atoms with Gasteiger partial charge < -0.3 is 10.5 Å². The van der Waals surface area contributed by atoms with E-state index < -0.39 is 11.3 Å². The summed E-state index contributed by atoms with van der Waals surface area (Å²) >= 11 is 0. The van der Waals surface area contributed by atoms with Gasteiger partial charge in [0.05, 0.1) is 5.69 Å². The molecule has 118 valence electrons. The van der Waals surface area contributed by atoms with Gasteiger partial charge in [0.1, 0.15) is 29.3 Å². The van der Waals surface area contributed by atoms with Crippen molar-refractivity contribution in [3.63, 3.8) is 0 Å². The number of hydrogen-bond acceptors (Lipinski definition) is 3. The average Bonchev–Trinajstić information content (AvgIpc) is 2.86. The number of pyridine rings is 1. The van der Waals surface area contributed by atoms with Gasteiger partial charge in [-0.15, -0.1) is 0 Å². The van der Waals surface area contributed by atoms with Crippen LogP contribution in [0.4, 0.5) is 4.39 Å². The molecule has 2 aromatic rings. The predicted octanol–water partition coefficient (Wildman–Crippen LogP) is 3.06. The van der Waals surface area contributed by atoms with Crippen molar-refractivity contribution in [2.75, 3.05) is 6.61 Å². The molecule has 4 nitrogen and oxygen atoms in total. The second kappa shape index (κ2) is 5.19. The highest BCUT2D eigenvalue weighted by Gasteiger charge is 2.43. The summed E-state index contributed by atoms with van der Waals surface area (Å²) in [6.45, 7) is 7.65. The molecule has 2 heterocycles. The van der Waals surface area contributed by atoms with E-state index in [0.717, 1.165) is 5.57 Å². The summed E-state index contributed by atoms with van der Waals surface area (Å²) in [5, 5.41) is 0. The van der Waals surface area contributed by atoms with Crippen molar-refractivity contribution in [3.05, 3.63) is 54.0 Å². The molecule has 5 heteroatoms. The van der Waals surface area contributed by atoms with E-state index >= 15 is 0 Å². The molecule has 2 N–H and O–H groups in total. The molecular formula is C18H17FN2O2. The molecule has 1 unspecified atom stereocenters. The van der Waals surface area contributed by atoms with Gasteiger partial charge in [-0.3, -0.25) is 4.79 Å². The smallest absolute Gasteiger partial charge is 0.231 e. The first-order valence-corrected chi connectivity index (χ1v) is 7.23. The molecule has 0 aliphatic carbocycles. The summed E-state index contributed by atoms with van der Waals surface area (Å²) in [5.41, 5.74) is 8.02. The van der Waals surface area contributed by atoms with Crippen LogP contribution in [0.15, 0.2) is 36.9 Å². The van der Waals surface area contributed by atoms with Crippen LogP contribution in [0, 0.1) is 5.82 Å². The third-order valence-electron chi connectivity index (χ3n) is 4.17. The van der Waals surface area contributed by atoms with Gasteiger partial charge in [0.15, 0.2) is 0 Å². The van der Waals surface area contributed by atoms with Crippen molar-refractivity contribution in [3.8, 4) is 17.0 Å². The second-order valence-corrected chi connectivity index (χ2v) is 6.01. The van der Waals surface area contributed by atoms with Gasteiger partial charge >= 0.3 is 0 Å². The standard InChI is InChI=1S/C18H17FN2O2/c1-10(2)14-8-13-16(23-9-18(13,3)17(20)22)15(21-14)11-4-6-12(19)7-5-11/h4-8H,1,9H2,2-3H3,(H2,20,22). The Hall–Kier alpha value is -2.69. The van der Waals surface area contributed by atoms with Crippen LogP contribution >= 0.6 is 0 Å². The largest absolute Gasteiger partial charge is 0.489 e. The van der Waals surface area contributed by atoms with Gasteiger partial charge in [-0.25, -0.2) is 9.37 Å². The normalized spacial score (nSPS) is 19.1. The van der Waals surface area contributed by atoms with Crippen LogP contribution in [0.25, 0.3) is 16.8 Å². The number of ether oxygens (including phenoxy) is 1. The summed E-state index contributed by atoms with van der Waals surface area (Å²) < 4.78 is 18.9. The third kappa shape index (κ3) is 2.38. The van der Waals surface area contributed by atoms with Crippen molar-refractivity contribution in [1.82, 2.24) is 4.98 Å². The molecule has 0 bridgehead atoms. The number of hydrogen-bond donors (Lipinski definition) is 1. The molecule has 1 amide bonds. The van der Waals surface area contributed by atoms with Crippen LogP contribution in [0.5, 0.6) is 5.75 Å². The first-order valence-electron chi connectivity index (χ1n) is 7.23. The zero-order chi connectivity index (χ0) is 16.8. The molecular weight excluding hydrogens is 295 g/mol. The maximum atomic E-state index is 13.2. The van der Waals surface area contributed by atoms with Crippen LogP contribution in [0.2, 0.25) is 0 Å².